The lowest BCUT2D eigenvalue weighted by molar-refractivity contribution is -0.777. The van der Waals surface area contributed by atoms with E-state index in [2.05, 4.69) is 14.3 Å². The molecule has 1 aliphatic heterocycles. The number of carboxylic acid groups (broad SMARTS) is 1. The summed E-state index contributed by atoms with van der Waals surface area (Å²) in [5, 5.41) is 18.2. The maximum Gasteiger partial charge on any atom is 0.510 e. The van der Waals surface area contributed by atoms with Gasteiger partial charge in [-0.2, -0.15) is 0 Å². The highest BCUT2D eigenvalue weighted by Gasteiger charge is 2.35. The highest BCUT2D eigenvalue weighted by atomic mass is 17.0. The van der Waals surface area contributed by atoms with Crippen LogP contribution in [0, 0.1) is 10.1 Å². The maximum atomic E-state index is 12.6. The van der Waals surface area contributed by atoms with Crippen molar-refractivity contribution in [1.29, 1.82) is 0 Å². The molecule has 0 spiro atoms. The summed E-state index contributed by atoms with van der Waals surface area (Å²) in [4.78, 5) is 63.1. The molecule has 2 atom stereocenters. The van der Waals surface area contributed by atoms with Crippen LogP contribution < -0.4 is 0 Å². The number of hydrogen-bond acceptors (Lipinski definition) is 9. The Hall–Kier alpha value is -3.38. The minimum absolute atomic E-state index is 0.187. The van der Waals surface area contributed by atoms with Crippen LogP contribution in [-0.2, 0) is 23.9 Å². The number of carbonyl (C=O) groups is 4. The van der Waals surface area contributed by atoms with E-state index in [9.17, 15) is 34.4 Å². The summed E-state index contributed by atoms with van der Waals surface area (Å²) in [6, 6.07) is -0.858. The molecule has 162 valence electrons. The van der Waals surface area contributed by atoms with Crippen LogP contribution in [0.5, 0.6) is 0 Å². The van der Waals surface area contributed by atoms with Gasteiger partial charge in [0.25, 0.3) is 11.0 Å². The molecule has 0 aliphatic carbocycles. The average Bonchev–Trinajstić information content (AvgIpc) is 3.03. The first-order valence-electron chi connectivity index (χ1n) is 8.80. The third-order valence-corrected chi connectivity index (χ3v) is 3.90. The highest BCUT2D eigenvalue weighted by molar-refractivity contribution is 5.96. The second-order valence-corrected chi connectivity index (χ2v) is 5.89. The first-order valence-corrected chi connectivity index (χ1v) is 8.80. The molecule has 13 heteroatoms. The van der Waals surface area contributed by atoms with Crippen LogP contribution in [0.2, 0.25) is 0 Å². The Balaban J connectivity index is 2.54. The Morgan fingerprint density at radius 2 is 2.07 bits per heavy atom. The minimum atomic E-state index is -1.48. The molecular formula is C16H23N3O10. The number of amides is 3. The third-order valence-electron chi connectivity index (χ3n) is 3.90. The van der Waals surface area contributed by atoms with Crippen LogP contribution in [0.1, 0.15) is 33.1 Å². The fraction of sp³-hybridized carbons (Fsp3) is 0.625. The molecule has 29 heavy (non-hydrogen) atoms. The van der Waals surface area contributed by atoms with Gasteiger partial charge in [-0.15, -0.1) is 10.1 Å². The first kappa shape index (κ1) is 23.7. The lowest BCUT2D eigenvalue weighted by Gasteiger charge is -2.29. The zero-order valence-electron chi connectivity index (χ0n) is 16.0. The molecule has 1 unspecified atom stereocenters. The lowest BCUT2D eigenvalue weighted by atomic mass is 10.1. The second-order valence-electron chi connectivity index (χ2n) is 5.89. The molecule has 0 aromatic rings. The fourth-order valence-corrected chi connectivity index (χ4v) is 2.65. The molecule has 1 N–H and O–H groups in total. The Labute approximate surface area is 165 Å². The topological polar surface area (TPSA) is 166 Å². The van der Waals surface area contributed by atoms with Crippen molar-refractivity contribution in [1.82, 2.24) is 9.80 Å². The van der Waals surface area contributed by atoms with Gasteiger partial charge in [-0.05, 0) is 25.8 Å². The normalized spacial score (nSPS) is 15.7. The van der Waals surface area contributed by atoms with Crippen molar-refractivity contribution in [2.75, 3.05) is 19.7 Å². The van der Waals surface area contributed by atoms with E-state index >= 15 is 0 Å². The van der Waals surface area contributed by atoms with E-state index < -0.39 is 35.6 Å². The van der Waals surface area contributed by atoms with Crippen molar-refractivity contribution in [2.24, 2.45) is 0 Å². The van der Waals surface area contributed by atoms with Gasteiger partial charge < -0.3 is 19.5 Å². The fourth-order valence-electron chi connectivity index (χ4n) is 2.65. The van der Waals surface area contributed by atoms with Gasteiger partial charge in [0.15, 0.2) is 0 Å². The number of hydrogen-bond donors (Lipinski definition) is 1. The zero-order chi connectivity index (χ0) is 22.0. The molecule has 0 aromatic carbocycles. The van der Waals surface area contributed by atoms with E-state index in [4.69, 9.17) is 0 Å². The molecule has 0 bridgehead atoms. The summed E-state index contributed by atoms with van der Waals surface area (Å²) in [5.41, 5.74) is 0. The van der Waals surface area contributed by atoms with Crippen LogP contribution in [0.4, 0.5) is 9.59 Å². The van der Waals surface area contributed by atoms with E-state index in [1.54, 1.807) is 6.92 Å². The minimum Gasteiger partial charge on any atom is -0.465 e. The molecular weight excluding hydrogens is 394 g/mol. The molecule has 1 heterocycles. The quantitative estimate of drug-likeness (QED) is 0.179. The molecule has 13 nitrogen and oxygen atoms in total. The number of likely N-dealkylation sites (tertiary alicyclic amines) is 1. The van der Waals surface area contributed by atoms with Gasteiger partial charge in [-0.3, -0.25) is 14.4 Å². The first-order chi connectivity index (χ1) is 13.7. The standard InChI is InChI=1S/C16H23N3O10/c1-3-12(17-9-6-7-13(17)20)14(21)18(15(22)23)8-4-5-10-27-16(24)28-11(2)29-19(25)26/h4-5,11-12H,3,6-10H2,1-2H3,(H,22,23)/b5-4-/t11?,12-/m0/s1. The maximum absolute atomic E-state index is 12.6. The van der Waals surface area contributed by atoms with E-state index in [0.717, 1.165) is 6.92 Å². The number of rotatable bonds is 10. The van der Waals surface area contributed by atoms with E-state index in [1.807, 2.05) is 0 Å². The summed E-state index contributed by atoms with van der Waals surface area (Å²) in [7, 11) is 0. The van der Waals surface area contributed by atoms with Crippen molar-refractivity contribution in [3.05, 3.63) is 22.3 Å². The Bertz CT molecular complexity index is 665. The van der Waals surface area contributed by atoms with Crippen molar-refractivity contribution >= 4 is 24.1 Å². The highest BCUT2D eigenvalue weighted by Crippen LogP contribution is 2.18. The van der Waals surface area contributed by atoms with Crippen molar-refractivity contribution in [2.45, 2.75) is 45.4 Å². The zero-order valence-corrected chi connectivity index (χ0v) is 16.0. The van der Waals surface area contributed by atoms with Gasteiger partial charge in [0.2, 0.25) is 12.2 Å². The van der Waals surface area contributed by atoms with E-state index in [-0.39, 0.29) is 25.5 Å². The monoisotopic (exact) mass is 417 g/mol. The molecule has 3 amide bonds. The molecule has 1 rings (SSSR count). The Morgan fingerprint density at radius 1 is 1.38 bits per heavy atom. The van der Waals surface area contributed by atoms with Crippen LogP contribution in [0.3, 0.4) is 0 Å². The lowest BCUT2D eigenvalue weighted by Crippen LogP contribution is -2.50. The van der Waals surface area contributed by atoms with Gasteiger partial charge in [0.05, 0.1) is 6.54 Å². The molecule has 0 aromatic heterocycles. The summed E-state index contributed by atoms with van der Waals surface area (Å²) < 4.78 is 9.03. The number of carbonyl (C=O) groups excluding carboxylic acids is 3. The van der Waals surface area contributed by atoms with Crippen LogP contribution >= 0.6 is 0 Å². The SMILES string of the molecule is CC[C@@H](C(=O)N(C/C=C\COC(=O)OC(C)O[N+](=O)[O-])C(=O)O)N1CCCC1=O. The molecule has 0 radical (unpaired) electrons. The molecule has 0 saturated carbocycles. The van der Waals surface area contributed by atoms with Crippen molar-refractivity contribution in [3.63, 3.8) is 0 Å². The van der Waals surface area contributed by atoms with Gasteiger partial charge in [-0.25, -0.2) is 14.5 Å². The van der Waals surface area contributed by atoms with Gasteiger partial charge in [0.1, 0.15) is 12.6 Å². The Kier molecular flexibility index (Phi) is 9.35. The summed E-state index contributed by atoms with van der Waals surface area (Å²) in [5.74, 6) is -0.903. The Morgan fingerprint density at radius 3 is 2.59 bits per heavy atom. The van der Waals surface area contributed by atoms with Gasteiger partial charge in [-0.1, -0.05) is 13.0 Å². The van der Waals surface area contributed by atoms with Gasteiger partial charge >= 0.3 is 12.2 Å². The summed E-state index contributed by atoms with van der Waals surface area (Å²) in [6.07, 6.45) is -0.382. The van der Waals surface area contributed by atoms with Crippen LogP contribution in [0.25, 0.3) is 0 Å². The third kappa shape index (κ3) is 7.63. The van der Waals surface area contributed by atoms with E-state index in [0.29, 0.717) is 24.3 Å². The number of ether oxygens (including phenoxy) is 2. The predicted octanol–water partition coefficient (Wildman–Crippen LogP) is 1.16. The number of nitrogens with zero attached hydrogens (tertiary/aromatic N) is 3. The largest absolute Gasteiger partial charge is 0.510 e. The molecule has 1 aliphatic rings. The van der Waals surface area contributed by atoms with Crippen molar-refractivity contribution < 1.29 is 43.7 Å². The number of imide groups is 1. The molecule has 1 fully saturated rings. The van der Waals surface area contributed by atoms with E-state index in [1.165, 1.54) is 17.1 Å². The average molecular weight is 417 g/mol. The second kappa shape index (κ2) is 11.5. The summed E-state index contributed by atoms with van der Waals surface area (Å²) in [6.45, 7) is 2.57. The smallest absolute Gasteiger partial charge is 0.465 e. The summed E-state index contributed by atoms with van der Waals surface area (Å²) >= 11 is 0. The predicted molar refractivity (Wildman–Crippen MR) is 93.9 cm³/mol. The van der Waals surface area contributed by atoms with Crippen LogP contribution in [-0.4, -0.2) is 76.1 Å². The molecule has 1 saturated heterocycles. The van der Waals surface area contributed by atoms with Gasteiger partial charge in [0, 0.05) is 13.0 Å². The van der Waals surface area contributed by atoms with Crippen molar-refractivity contribution in [3.8, 4) is 0 Å². The van der Waals surface area contributed by atoms with Crippen LogP contribution in [0.15, 0.2) is 12.2 Å².